The monoisotopic (exact) mass is 174 g/mol. The van der Waals surface area contributed by atoms with E-state index in [9.17, 15) is 0 Å². The summed E-state index contributed by atoms with van der Waals surface area (Å²) in [5, 5.41) is 9.02. The second-order valence-electron chi connectivity index (χ2n) is 3.93. The number of hydrogen-bond acceptors (Lipinski definition) is 2. The fraction of sp³-hybridized carbons (Fsp3) is 1.00. The molecule has 0 fully saturated rings. The SMILES string of the molecule is CCCCCC(C)(C)OC(C)O. The van der Waals surface area contributed by atoms with Gasteiger partial charge in [-0.1, -0.05) is 26.2 Å². The molecule has 0 aliphatic rings. The van der Waals surface area contributed by atoms with Crippen LogP contribution in [0.4, 0.5) is 0 Å². The Balaban J connectivity index is 3.56. The maximum absolute atomic E-state index is 9.02. The van der Waals surface area contributed by atoms with Crippen LogP contribution in [0.25, 0.3) is 0 Å². The Morgan fingerprint density at radius 1 is 1.33 bits per heavy atom. The van der Waals surface area contributed by atoms with Crippen LogP contribution < -0.4 is 0 Å². The van der Waals surface area contributed by atoms with Crippen molar-refractivity contribution >= 4 is 0 Å². The molecule has 0 saturated carbocycles. The molecule has 0 saturated heterocycles. The maximum Gasteiger partial charge on any atom is 0.152 e. The summed E-state index contributed by atoms with van der Waals surface area (Å²) in [5.74, 6) is 0. The molecule has 12 heavy (non-hydrogen) atoms. The first kappa shape index (κ1) is 11.9. The minimum absolute atomic E-state index is 0.177. The molecule has 0 aliphatic carbocycles. The number of rotatable bonds is 6. The van der Waals surface area contributed by atoms with Gasteiger partial charge in [-0.2, -0.15) is 0 Å². The van der Waals surface area contributed by atoms with Crippen LogP contribution in [0.3, 0.4) is 0 Å². The van der Waals surface area contributed by atoms with E-state index in [0.29, 0.717) is 0 Å². The molecule has 1 atom stereocenters. The van der Waals surface area contributed by atoms with Crippen molar-refractivity contribution in [1.82, 2.24) is 0 Å². The Morgan fingerprint density at radius 2 is 1.92 bits per heavy atom. The highest BCUT2D eigenvalue weighted by Crippen LogP contribution is 2.19. The van der Waals surface area contributed by atoms with E-state index in [1.165, 1.54) is 19.3 Å². The van der Waals surface area contributed by atoms with E-state index < -0.39 is 6.29 Å². The molecule has 0 aromatic heterocycles. The van der Waals surface area contributed by atoms with E-state index in [2.05, 4.69) is 6.92 Å². The lowest BCUT2D eigenvalue weighted by Gasteiger charge is -2.26. The standard InChI is InChI=1S/C10H22O2/c1-5-6-7-8-10(3,4)12-9(2)11/h9,11H,5-8H2,1-4H3. The van der Waals surface area contributed by atoms with E-state index >= 15 is 0 Å². The summed E-state index contributed by atoms with van der Waals surface area (Å²) in [6.07, 6.45) is 4.01. The van der Waals surface area contributed by atoms with Crippen LogP contribution in [0.2, 0.25) is 0 Å². The topological polar surface area (TPSA) is 29.5 Å². The van der Waals surface area contributed by atoms with Gasteiger partial charge in [-0.05, 0) is 27.2 Å². The first-order valence-electron chi connectivity index (χ1n) is 4.84. The van der Waals surface area contributed by atoms with Crippen molar-refractivity contribution in [2.75, 3.05) is 0 Å². The van der Waals surface area contributed by atoms with Crippen molar-refractivity contribution in [1.29, 1.82) is 0 Å². The third-order valence-electron chi connectivity index (χ3n) is 1.87. The third-order valence-corrected chi connectivity index (χ3v) is 1.87. The molecule has 2 nitrogen and oxygen atoms in total. The molecule has 0 aromatic carbocycles. The average Bonchev–Trinajstić information content (AvgIpc) is 1.84. The first-order valence-corrected chi connectivity index (χ1v) is 4.84. The Hall–Kier alpha value is -0.0800. The molecule has 0 aliphatic heterocycles. The lowest BCUT2D eigenvalue weighted by molar-refractivity contribution is -0.164. The van der Waals surface area contributed by atoms with E-state index in [-0.39, 0.29) is 5.60 Å². The summed E-state index contributed by atoms with van der Waals surface area (Å²) < 4.78 is 5.34. The minimum atomic E-state index is -0.651. The Bertz CT molecular complexity index is 108. The maximum atomic E-state index is 9.02. The van der Waals surface area contributed by atoms with Crippen molar-refractivity contribution < 1.29 is 9.84 Å². The van der Waals surface area contributed by atoms with E-state index in [4.69, 9.17) is 9.84 Å². The van der Waals surface area contributed by atoms with Gasteiger partial charge in [0.1, 0.15) is 0 Å². The highest BCUT2D eigenvalue weighted by Gasteiger charge is 2.19. The Morgan fingerprint density at radius 3 is 2.33 bits per heavy atom. The molecular weight excluding hydrogens is 152 g/mol. The normalized spacial score (nSPS) is 14.8. The van der Waals surface area contributed by atoms with Gasteiger partial charge in [-0.25, -0.2) is 0 Å². The van der Waals surface area contributed by atoms with Crippen LogP contribution in [0.15, 0.2) is 0 Å². The molecular formula is C10H22O2. The second kappa shape index (κ2) is 5.55. The minimum Gasteiger partial charge on any atom is -0.368 e. The summed E-state index contributed by atoms with van der Waals surface area (Å²) >= 11 is 0. The zero-order valence-electron chi connectivity index (χ0n) is 8.76. The van der Waals surface area contributed by atoms with Gasteiger partial charge in [0, 0.05) is 0 Å². The van der Waals surface area contributed by atoms with Gasteiger partial charge in [0.15, 0.2) is 6.29 Å². The van der Waals surface area contributed by atoms with Crippen LogP contribution in [-0.4, -0.2) is 17.0 Å². The molecule has 1 unspecified atom stereocenters. The van der Waals surface area contributed by atoms with Crippen molar-refractivity contribution in [2.24, 2.45) is 0 Å². The summed E-state index contributed by atoms with van der Waals surface area (Å²) in [6, 6.07) is 0. The van der Waals surface area contributed by atoms with E-state index in [1.807, 2.05) is 13.8 Å². The smallest absolute Gasteiger partial charge is 0.152 e. The largest absolute Gasteiger partial charge is 0.368 e. The predicted molar refractivity (Wildman–Crippen MR) is 51.0 cm³/mol. The summed E-state index contributed by atoms with van der Waals surface area (Å²) in [6.45, 7) is 7.88. The van der Waals surface area contributed by atoms with Gasteiger partial charge < -0.3 is 9.84 Å². The first-order chi connectivity index (χ1) is 5.48. The highest BCUT2D eigenvalue weighted by atomic mass is 16.6. The van der Waals surface area contributed by atoms with Crippen LogP contribution in [0, 0.1) is 0 Å². The van der Waals surface area contributed by atoms with Crippen molar-refractivity contribution in [3.05, 3.63) is 0 Å². The van der Waals surface area contributed by atoms with Crippen molar-refractivity contribution in [2.45, 2.75) is 65.3 Å². The summed E-state index contributed by atoms with van der Waals surface area (Å²) in [5.41, 5.74) is -0.177. The Kier molecular flexibility index (Phi) is 5.51. The van der Waals surface area contributed by atoms with Crippen molar-refractivity contribution in [3.63, 3.8) is 0 Å². The van der Waals surface area contributed by atoms with Gasteiger partial charge in [0.2, 0.25) is 0 Å². The molecule has 0 spiro atoms. The molecule has 0 radical (unpaired) electrons. The van der Waals surface area contributed by atoms with Crippen LogP contribution in [0.5, 0.6) is 0 Å². The van der Waals surface area contributed by atoms with Gasteiger partial charge in [-0.3, -0.25) is 0 Å². The van der Waals surface area contributed by atoms with Crippen molar-refractivity contribution in [3.8, 4) is 0 Å². The summed E-state index contributed by atoms with van der Waals surface area (Å²) in [7, 11) is 0. The molecule has 0 aromatic rings. The predicted octanol–water partition coefficient (Wildman–Crippen LogP) is 2.70. The number of aliphatic hydroxyl groups excluding tert-OH is 1. The molecule has 1 N–H and O–H groups in total. The Labute approximate surface area is 75.9 Å². The van der Waals surface area contributed by atoms with Crippen LogP contribution >= 0.6 is 0 Å². The van der Waals surface area contributed by atoms with E-state index in [0.717, 1.165) is 6.42 Å². The van der Waals surface area contributed by atoms with Gasteiger partial charge >= 0.3 is 0 Å². The number of ether oxygens (including phenoxy) is 1. The fourth-order valence-electron chi connectivity index (χ4n) is 1.32. The molecule has 0 heterocycles. The van der Waals surface area contributed by atoms with Crippen LogP contribution in [-0.2, 0) is 4.74 Å². The molecule has 0 rings (SSSR count). The number of aliphatic hydroxyl groups is 1. The summed E-state index contributed by atoms with van der Waals surface area (Å²) in [4.78, 5) is 0. The lowest BCUT2D eigenvalue weighted by Crippen LogP contribution is -2.28. The number of unbranched alkanes of at least 4 members (excludes halogenated alkanes) is 2. The van der Waals surface area contributed by atoms with Gasteiger partial charge in [-0.15, -0.1) is 0 Å². The molecule has 0 bridgehead atoms. The second-order valence-corrected chi connectivity index (χ2v) is 3.93. The van der Waals surface area contributed by atoms with Gasteiger partial charge in [0.25, 0.3) is 0 Å². The fourth-order valence-corrected chi connectivity index (χ4v) is 1.32. The molecule has 0 amide bonds. The average molecular weight is 174 g/mol. The van der Waals surface area contributed by atoms with E-state index in [1.54, 1.807) is 6.92 Å². The van der Waals surface area contributed by atoms with Crippen LogP contribution in [0.1, 0.15) is 53.4 Å². The highest BCUT2D eigenvalue weighted by molar-refractivity contribution is 4.68. The number of hydrogen-bond donors (Lipinski definition) is 1. The lowest BCUT2D eigenvalue weighted by atomic mass is 10.0. The van der Waals surface area contributed by atoms with Gasteiger partial charge in [0.05, 0.1) is 5.60 Å². The quantitative estimate of drug-likeness (QED) is 0.495. The zero-order chi connectivity index (χ0) is 9.61. The zero-order valence-corrected chi connectivity index (χ0v) is 8.76. The molecule has 74 valence electrons. The third kappa shape index (κ3) is 6.62. The molecule has 2 heteroatoms.